The summed E-state index contributed by atoms with van der Waals surface area (Å²) >= 11 is 0. The highest BCUT2D eigenvalue weighted by molar-refractivity contribution is 5.38. The van der Waals surface area contributed by atoms with Crippen LogP contribution in [0.25, 0.3) is 0 Å². The molecule has 0 saturated carbocycles. The van der Waals surface area contributed by atoms with Crippen LogP contribution in [0.5, 0.6) is 5.75 Å². The van der Waals surface area contributed by atoms with Crippen molar-refractivity contribution in [3.05, 3.63) is 29.8 Å². The van der Waals surface area contributed by atoms with Crippen LogP contribution < -0.4 is 16.2 Å². The lowest BCUT2D eigenvalue weighted by Crippen LogP contribution is -2.41. The Morgan fingerprint density at radius 3 is 2.54 bits per heavy atom. The second-order valence-electron chi connectivity index (χ2n) is 3.32. The largest absolute Gasteiger partial charge is 0.496 e. The van der Waals surface area contributed by atoms with Crippen molar-refractivity contribution in [2.24, 2.45) is 11.5 Å². The molecule has 0 aliphatic heterocycles. The van der Waals surface area contributed by atoms with E-state index >= 15 is 0 Å². The SMILES string of the molecule is COc1ccccc1C(C)(N)CN. The molecule has 0 radical (unpaired) electrons. The Morgan fingerprint density at radius 1 is 1.38 bits per heavy atom. The average molecular weight is 180 g/mol. The van der Waals surface area contributed by atoms with E-state index in [0.717, 1.165) is 11.3 Å². The molecule has 0 heterocycles. The number of ether oxygens (including phenoxy) is 1. The second-order valence-corrected chi connectivity index (χ2v) is 3.32. The van der Waals surface area contributed by atoms with Crippen molar-refractivity contribution in [1.82, 2.24) is 0 Å². The minimum Gasteiger partial charge on any atom is -0.496 e. The number of benzene rings is 1. The summed E-state index contributed by atoms with van der Waals surface area (Å²) < 4.78 is 5.20. The maximum absolute atomic E-state index is 6.01. The molecule has 0 aliphatic rings. The van der Waals surface area contributed by atoms with Gasteiger partial charge in [0.15, 0.2) is 0 Å². The van der Waals surface area contributed by atoms with Crippen molar-refractivity contribution in [2.75, 3.05) is 13.7 Å². The van der Waals surface area contributed by atoms with Gasteiger partial charge in [-0.15, -0.1) is 0 Å². The van der Waals surface area contributed by atoms with Gasteiger partial charge in [-0.05, 0) is 13.0 Å². The van der Waals surface area contributed by atoms with Gasteiger partial charge in [0.25, 0.3) is 0 Å². The smallest absolute Gasteiger partial charge is 0.123 e. The highest BCUT2D eigenvalue weighted by atomic mass is 16.5. The number of para-hydroxylation sites is 1. The monoisotopic (exact) mass is 180 g/mol. The molecule has 0 bridgehead atoms. The van der Waals surface area contributed by atoms with Gasteiger partial charge in [-0.2, -0.15) is 0 Å². The minimum atomic E-state index is -0.521. The minimum absolute atomic E-state index is 0.396. The maximum Gasteiger partial charge on any atom is 0.123 e. The fourth-order valence-electron chi connectivity index (χ4n) is 1.23. The van der Waals surface area contributed by atoms with E-state index in [2.05, 4.69) is 0 Å². The van der Waals surface area contributed by atoms with Crippen LogP contribution in [0.4, 0.5) is 0 Å². The molecule has 0 aromatic heterocycles. The summed E-state index contributed by atoms with van der Waals surface area (Å²) in [6, 6.07) is 7.66. The summed E-state index contributed by atoms with van der Waals surface area (Å²) in [5, 5.41) is 0. The van der Waals surface area contributed by atoms with E-state index in [-0.39, 0.29) is 0 Å². The van der Waals surface area contributed by atoms with E-state index in [0.29, 0.717) is 6.54 Å². The standard InChI is InChI=1S/C10H16N2O/c1-10(12,7-11)8-5-3-4-6-9(8)13-2/h3-6H,7,11-12H2,1-2H3. The van der Waals surface area contributed by atoms with E-state index in [1.54, 1.807) is 7.11 Å². The van der Waals surface area contributed by atoms with Gasteiger partial charge in [-0.3, -0.25) is 0 Å². The summed E-state index contributed by atoms with van der Waals surface area (Å²) in [5.74, 6) is 0.790. The third-order valence-electron chi connectivity index (χ3n) is 2.15. The van der Waals surface area contributed by atoms with Crippen LogP contribution in [0.3, 0.4) is 0 Å². The average Bonchev–Trinajstić information content (AvgIpc) is 2.18. The maximum atomic E-state index is 6.01. The molecule has 0 amide bonds. The molecule has 0 saturated heterocycles. The molecule has 0 fully saturated rings. The lowest BCUT2D eigenvalue weighted by atomic mass is 9.92. The molecule has 1 aromatic carbocycles. The Labute approximate surface area is 78.7 Å². The first kappa shape index (κ1) is 10.0. The van der Waals surface area contributed by atoms with Crippen LogP contribution >= 0.6 is 0 Å². The van der Waals surface area contributed by atoms with Gasteiger partial charge in [-0.25, -0.2) is 0 Å². The zero-order valence-corrected chi connectivity index (χ0v) is 8.08. The predicted octanol–water partition coefficient (Wildman–Crippen LogP) is 0.828. The third kappa shape index (κ3) is 1.99. The van der Waals surface area contributed by atoms with Crippen molar-refractivity contribution in [2.45, 2.75) is 12.5 Å². The van der Waals surface area contributed by atoms with Crippen molar-refractivity contribution in [1.29, 1.82) is 0 Å². The van der Waals surface area contributed by atoms with E-state index < -0.39 is 5.54 Å². The summed E-state index contributed by atoms with van der Waals surface area (Å²) in [6.45, 7) is 2.29. The molecule has 3 heteroatoms. The fraction of sp³-hybridized carbons (Fsp3) is 0.400. The lowest BCUT2D eigenvalue weighted by Gasteiger charge is -2.24. The summed E-state index contributed by atoms with van der Waals surface area (Å²) in [4.78, 5) is 0. The molecular weight excluding hydrogens is 164 g/mol. The van der Waals surface area contributed by atoms with E-state index in [4.69, 9.17) is 16.2 Å². The van der Waals surface area contributed by atoms with Crippen LogP contribution in [0, 0.1) is 0 Å². The first-order chi connectivity index (χ1) is 6.11. The van der Waals surface area contributed by atoms with Crippen LogP contribution in [-0.2, 0) is 5.54 Å². The third-order valence-corrected chi connectivity index (χ3v) is 2.15. The zero-order valence-electron chi connectivity index (χ0n) is 8.08. The highest BCUT2D eigenvalue weighted by Crippen LogP contribution is 2.26. The molecule has 1 unspecified atom stereocenters. The topological polar surface area (TPSA) is 61.3 Å². The number of hydrogen-bond acceptors (Lipinski definition) is 3. The highest BCUT2D eigenvalue weighted by Gasteiger charge is 2.22. The molecule has 1 atom stereocenters. The van der Waals surface area contributed by atoms with E-state index in [9.17, 15) is 0 Å². The molecule has 3 nitrogen and oxygen atoms in total. The quantitative estimate of drug-likeness (QED) is 0.724. The molecule has 72 valence electrons. The molecule has 1 rings (SSSR count). The predicted molar refractivity (Wildman–Crippen MR) is 53.6 cm³/mol. The normalized spacial score (nSPS) is 15.1. The Balaban J connectivity index is 3.12. The van der Waals surface area contributed by atoms with Gasteiger partial charge in [0.05, 0.1) is 12.6 Å². The lowest BCUT2D eigenvalue weighted by molar-refractivity contribution is 0.389. The second kappa shape index (κ2) is 3.77. The van der Waals surface area contributed by atoms with Crippen molar-refractivity contribution >= 4 is 0 Å². The molecule has 4 N–H and O–H groups in total. The summed E-state index contributed by atoms with van der Waals surface area (Å²) in [5.41, 5.74) is 12.0. The number of hydrogen-bond donors (Lipinski definition) is 2. The fourth-order valence-corrected chi connectivity index (χ4v) is 1.23. The Hall–Kier alpha value is -1.06. The molecule has 0 aliphatic carbocycles. The Kier molecular flexibility index (Phi) is 2.90. The van der Waals surface area contributed by atoms with E-state index in [1.807, 2.05) is 31.2 Å². The van der Waals surface area contributed by atoms with Crippen LogP contribution in [0.15, 0.2) is 24.3 Å². The van der Waals surface area contributed by atoms with Gasteiger partial charge < -0.3 is 16.2 Å². The van der Waals surface area contributed by atoms with Crippen molar-refractivity contribution in [3.8, 4) is 5.75 Å². The van der Waals surface area contributed by atoms with Gasteiger partial charge in [0, 0.05) is 12.1 Å². The first-order valence-corrected chi connectivity index (χ1v) is 4.24. The number of nitrogens with two attached hydrogens (primary N) is 2. The molecule has 13 heavy (non-hydrogen) atoms. The van der Waals surface area contributed by atoms with E-state index in [1.165, 1.54) is 0 Å². The van der Waals surface area contributed by atoms with Crippen LogP contribution in [-0.4, -0.2) is 13.7 Å². The first-order valence-electron chi connectivity index (χ1n) is 4.24. The van der Waals surface area contributed by atoms with Gasteiger partial charge in [0.1, 0.15) is 5.75 Å². The van der Waals surface area contributed by atoms with Gasteiger partial charge >= 0.3 is 0 Å². The molecule has 1 aromatic rings. The van der Waals surface area contributed by atoms with Crippen molar-refractivity contribution in [3.63, 3.8) is 0 Å². The molecule has 0 spiro atoms. The summed E-state index contributed by atoms with van der Waals surface area (Å²) in [6.07, 6.45) is 0. The summed E-state index contributed by atoms with van der Waals surface area (Å²) in [7, 11) is 1.63. The van der Waals surface area contributed by atoms with Gasteiger partial charge in [0.2, 0.25) is 0 Å². The number of methoxy groups -OCH3 is 1. The molecular formula is C10H16N2O. The van der Waals surface area contributed by atoms with Crippen molar-refractivity contribution < 1.29 is 4.74 Å². The number of rotatable bonds is 3. The van der Waals surface area contributed by atoms with Gasteiger partial charge in [-0.1, -0.05) is 18.2 Å². The Bertz CT molecular complexity index is 284. The van der Waals surface area contributed by atoms with Crippen LogP contribution in [0.2, 0.25) is 0 Å². The van der Waals surface area contributed by atoms with Crippen LogP contribution in [0.1, 0.15) is 12.5 Å². The Morgan fingerprint density at radius 2 is 2.00 bits per heavy atom. The zero-order chi connectivity index (χ0) is 9.90.